The van der Waals surface area contributed by atoms with Gasteiger partial charge in [-0.3, -0.25) is 9.10 Å². The van der Waals surface area contributed by atoms with Crippen LogP contribution in [0.2, 0.25) is 0 Å². The highest BCUT2D eigenvalue weighted by molar-refractivity contribution is 7.92. The van der Waals surface area contributed by atoms with E-state index in [1.165, 1.54) is 16.4 Å². The van der Waals surface area contributed by atoms with Gasteiger partial charge in [-0.15, -0.1) is 0 Å². The van der Waals surface area contributed by atoms with Crippen molar-refractivity contribution in [3.05, 3.63) is 84.4 Å². The van der Waals surface area contributed by atoms with Gasteiger partial charge in [-0.05, 0) is 62.4 Å². The molecule has 0 atom stereocenters. The summed E-state index contributed by atoms with van der Waals surface area (Å²) in [5.41, 5.74) is 2.13. The summed E-state index contributed by atoms with van der Waals surface area (Å²) in [5, 5.41) is 0. The smallest absolute Gasteiger partial charge is 0.264 e. The molecule has 7 nitrogen and oxygen atoms in total. The Morgan fingerprint density at radius 2 is 1.49 bits per heavy atom. The number of piperazine rings is 1. The van der Waals surface area contributed by atoms with Crippen molar-refractivity contribution >= 4 is 27.3 Å². The Kier molecular flexibility index (Phi) is 7.60. The van der Waals surface area contributed by atoms with E-state index in [-0.39, 0.29) is 10.8 Å². The van der Waals surface area contributed by atoms with E-state index in [1.54, 1.807) is 31.2 Å². The van der Waals surface area contributed by atoms with Crippen molar-refractivity contribution < 1.29 is 17.9 Å². The first-order valence-electron chi connectivity index (χ1n) is 11.9. The van der Waals surface area contributed by atoms with Crippen LogP contribution in [-0.2, 0) is 10.0 Å². The van der Waals surface area contributed by atoms with Gasteiger partial charge < -0.3 is 14.5 Å². The van der Waals surface area contributed by atoms with Crippen molar-refractivity contribution in [2.24, 2.45) is 0 Å². The summed E-state index contributed by atoms with van der Waals surface area (Å²) in [7, 11) is -3.73. The molecule has 1 heterocycles. The molecule has 184 valence electrons. The lowest BCUT2D eigenvalue weighted by atomic mass is 10.1. The van der Waals surface area contributed by atoms with Gasteiger partial charge in [0.1, 0.15) is 5.75 Å². The molecule has 0 bridgehead atoms. The molecular formula is C27H31N3O4S. The van der Waals surface area contributed by atoms with E-state index in [0.29, 0.717) is 50.6 Å². The maximum absolute atomic E-state index is 13.2. The summed E-state index contributed by atoms with van der Waals surface area (Å²) in [6.07, 6.45) is 0. The SMILES string of the molecule is CCOc1ccccc1N1CCN(C(=O)c2ccc(S(=O)(=O)N(CC)c3ccccc3)cc2)CC1. The quantitative estimate of drug-likeness (QED) is 0.469. The highest BCUT2D eigenvalue weighted by Crippen LogP contribution is 2.29. The van der Waals surface area contributed by atoms with Crippen molar-refractivity contribution in [1.29, 1.82) is 0 Å². The molecule has 0 aromatic heterocycles. The van der Waals surface area contributed by atoms with Gasteiger partial charge in [0.15, 0.2) is 0 Å². The summed E-state index contributed by atoms with van der Waals surface area (Å²) in [6, 6.07) is 23.2. The molecule has 0 aliphatic carbocycles. The number of sulfonamides is 1. The van der Waals surface area contributed by atoms with Crippen LogP contribution < -0.4 is 13.9 Å². The Balaban J connectivity index is 1.44. The fraction of sp³-hybridized carbons (Fsp3) is 0.296. The monoisotopic (exact) mass is 493 g/mol. The second-order valence-electron chi connectivity index (χ2n) is 8.21. The molecule has 1 amide bonds. The number of nitrogens with zero attached hydrogens (tertiary/aromatic N) is 3. The van der Waals surface area contributed by atoms with Crippen LogP contribution in [0.15, 0.2) is 83.8 Å². The molecule has 3 aromatic carbocycles. The standard InChI is InChI=1S/C27H31N3O4S/c1-3-30(23-10-6-5-7-11-23)35(32,33)24-16-14-22(15-17-24)27(31)29-20-18-28(19-21-29)25-12-8-9-13-26(25)34-4-2/h5-17H,3-4,18-21H2,1-2H3. The Labute approximate surface area is 207 Å². The zero-order chi connectivity index (χ0) is 24.8. The van der Waals surface area contributed by atoms with Crippen LogP contribution >= 0.6 is 0 Å². The van der Waals surface area contributed by atoms with E-state index < -0.39 is 10.0 Å². The molecule has 35 heavy (non-hydrogen) atoms. The largest absolute Gasteiger partial charge is 0.492 e. The number of ether oxygens (including phenoxy) is 1. The van der Waals surface area contributed by atoms with Crippen molar-refractivity contribution in [3.63, 3.8) is 0 Å². The average molecular weight is 494 g/mol. The number of amides is 1. The molecule has 0 spiro atoms. The van der Waals surface area contributed by atoms with Crippen LogP contribution in [-0.4, -0.2) is 58.6 Å². The molecule has 0 N–H and O–H groups in total. The van der Waals surface area contributed by atoms with Crippen molar-refractivity contribution in [2.75, 3.05) is 48.5 Å². The number of carbonyl (C=O) groups excluding carboxylic acids is 1. The lowest BCUT2D eigenvalue weighted by Gasteiger charge is -2.36. The van der Waals surface area contributed by atoms with E-state index in [1.807, 2.05) is 54.3 Å². The first-order chi connectivity index (χ1) is 17.0. The van der Waals surface area contributed by atoms with Crippen LogP contribution in [0, 0.1) is 0 Å². The number of anilines is 2. The van der Waals surface area contributed by atoms with E-state index in [9.17, 15) is 13.2 Å². The molecule has 1 fully saturated rings. The van der Waals surface area contributed by atoms with Gasteiger partial charge in [0, 0.05) is 38.3 Å². The van der Waals surface area contributed by atoms with Gasteiger partial charge in [0.2, 0.25) is 0 Å². The normalized spacial score (nSPS) is 14.0. The van der Waals surface area contributed by atoms with Crippen molar-refractivity contribution in [3.8, 4) is 5.75 Å². The third kappa shape index (κ3) is 5.27. The van der Waals surface area contributed by atoms with E-state index in [2.05, 4.69) is 4.90 Å². The molecule has 0 radical (unpaired) electrons. The predicted molar refractivity (Wildman–Crippen MR) is 139 cm³/mol. The second-order valence-corrected chi connectivity index (χ2v) is 10.1. The van der Waals surface area contributed by atoms with Gasteiger partial charge in [0.05, 0.1) is 22.9 Å². The zero-order valence-electron chi connectivity index (χ0n) is 20.1. The summed E-state index contributed by atoms with van der Waals surface area (Å²) in [4.78, 5) is 17.3. The molecule has 1 aliphatic heterocycles. The van der Waals surface area contributed by atoms with Crippen LogP contribution in [0.5, 0.6) is 5.75 Å². The fourth-order valence-corrected chi connectivity index (χ4v) is 5.78. The molecule has 0 saturated carbocycles. The van der Waals surface area contributed by atoms with Gasteiger partial charge in [0.25, 0.3) is 15.9 Å². The molecule has 4 rings (SSSR count). The number of rotatable bonds is 8. The maximum atomic E-state index is 13.2. The summed E-state index contributed by atoms with van der Waals surface area (Å²) in [6.45, 7) is 7.23. The van der Waals surface area contributed by atoms with Crippen LogP contribution in [0.3, 0.4) is 0 Å². The lowest BCUT2D eigenvalue weighted by molar-refractivity contribution is 0.0746. The average Bonchev–Trinajstić information content (AvgIpc) is 2.90. The first kappa shape index (κ1) is 24.6. The summed E-state index contributed by atoms with van der Waals surface area (Å²) >= 11 is 0. The summed E-state index contributed by atoms with van der Waals surface area (Å²) in [5.74, 6) is 0.755. The minimum absolute atomic E-state index is 0.0953. The van der Waals surface area contributed by atoms with E-state index >= 15 is 0 Å². The van der Waals surface area contributed by atoms with Crippen LogP contribution in [0.4, 0.5) is 11.4 Å². The number of hydrogen-bond acceptors (Lipinski definition) is 5. The van der Waals surface area contributed by atoms with Crippen molar-refractivity contribution in [1.82, 2.24) is 4.90 Å². The molecule has 0 unspecified atom stereocenters. The van der Waals surface area contributed by atoms with Gasteiger partial charge in [-0.25, -0.2) is 8.42 Å². The van der Waals surface area contributed by atoms with Gasteiger partial charge >= 0.3 is 0 Å². The third-order valence-electron chi connectivity index (χ3n) is 6.09. The van der Waals surface area contributed by atoms with Crippen LogP contribution in [0.25, 0.3) is 0 Å². The molecular weight excluding hydrogens is 462 g/mol. The van der Waals surface area contributed by atoms with Gasteiger partial charge in [-0.1, -0.05) is 30.3 Å². The lowest BCUT2D eigenvalue weighted by Crippen LogP contribution is -2.48. The van der Waals surface area contributed by atoms with E-state index in [4.69, 9.17) is 4.74 Å². The highest BCUT2D eigenvalue weighted by atomic mass is 32.2. The Bertz CT molecular complexity index is 1240. The molecule has 1 aliphatic rings. The van der Waals surface area contributed by atoms with Gasteiger partial charge in [-0.2, -0.15) is 0 Å². The second kappa shape index (κ2) is 10.8. The first-order valence-corrected chi connectivity index (χ1v) is 13.3. The summed E-state index contributed by atoms with van der Waals surface area (Å²) < 4.78 is 33.5. The Morgan fingerprint density at radius 3 is 2.11 bits per heavy atom. The maximum Gasteiger partial charge on any atom is 0.264 e. The number of benzene rings is 3. The Morgan fingerprint density at radius 1 is 0.857 bits per heavy atom. The number of hydrogen-bond donors (Lipinski definition) is 0. The predicted octanol–water partition coefficient (Wildman–Crippen LogP) is 4.26. The minimum Gasteiger partial charge on any atom is -0.492 e. The molecule has 8 heteroatoms. The highest BCUT2D eigenvalue weighted by Gasteiger charge is 2.26. The third-order valence-corrected chi connectivity index (χ3v) is 8.01. The zero-order valence-corrected chi connectivity index (χ0v) is 20.9. The topological polar surface area (TPSA) is 70.2 Å². The fourth-order valence-electron chi connectivity index (χ4n) is 4.31. The Hall–Kier alpha value is -3.52. The number of para-hydroxylation sites is 3. The minimum atomic E-state index is -3.73. The van der Waals surface area contributed by atoms with Crippen molar-refractivity contribution in [2.45, 2.75) is 18.7 Å². The molecule has 3 aromatic rings. The molecule has 1 saturated heterocycles. The van der Waals surface area contributed by atoms with E-state index in [0.717, 1.165) is 11.4 Å². The number of carbonyl (C=O) groups is 1. The van der Waals surface area contributed by atoms with Crippen LogP contribution in [0.1, 0.15) is 24.2 Å².